The first-order valence-corrected chi connectivity index (χ1v) is 8.31. The Morgan fingerprint density at radius 2 is 1.83 bits per heavy atom. The topological polar surface area (TPSA) is 75.6 Å². The van der Waals surface area contributed by atoms with E-state index in [0.717, 1.165) is 5.56 Å². The summed E-state index contributed by atoms with van der Waals surface area (Å²) in [6.07, 6.45) is 4.93. The number of rotatable bonds is 6. The van der Waals surface area contributed by atoms with Gasteiger partial charge in [-0.25, -0.2) is 4.79 Å². The number of hydrogen-bond acceptors (Lipinski definition) is 3. The largest absolute Gasteiger partial charge is 0.482 e. The Morgan fingerprint density at radius 1 is 1.22 bits per heavy atom. The van der Waals surface area contributed by atoms with Crippen LogP contribution in [0.1, 0.15) is 44.2 Å². The number of benzene rings is 1. The van der Waals surface area contributed by atoms with E-state index in [0.29, 0.717) is 17.6 Å². The lowest BCUT2D eigenvalue weighted by Crippen LogP contribution is -2.29. The molecule has 2 aliphatic carbocycles. The zero-order valence-corrected chi connectivity index (χ0v) is 13.3. The van der Waals surface area contributed by atoms with Crippen molar-refractivity contribution in [2.75, 3.05) is 6.61 Å². The predicted octanol–water partition coefficient (Wildman–Crippen LogP) is 2.76. The van der Waals surface area contributed by atoms with Crippen LogP contribution >= 0.6 is 0 Å². The predicted molar refractivity (Wildman–Crippen MR) is 85.1 cm³/mol. The molecule has 0 aliphatic heterocycles. The lowest BCUT2D eigenvalue weighted by Gasteiger charge is -2.15. The second-order valence-electron chi connectivity index (χ2n) is 6.62. The normalized spacial score (nSPS) is 26.7. The van der Waals surface area contributed by atoms with Gasteiger partial charge in [-0.1, -0.05) is 25.0 Å². The number of amides is 1. The summed E-state index contributed by atoms with van der Waals surface area (Å²) >= 11 is 0. The summed E-state index contributed by atoms with van der Waals surface area (Å²) in [5, 5.41) is 11.7. The molecule has 3 atom stereocenters. The molecule has 5 nitrogen and oxygen atoms in total. The first-order valence-electron chi connectivity index (χ1n) is 8.31. The quantitative estimate of drug-likeness (QED) is 0.846. The van der Waals surface area contributed by atoms with E-state index in [1.165, 1.54) is 25.7 Å². The second kappa shape index (κ2) is 6.60. The first kappa shape index (κ1) is 15.8. The summed E-state index contributed by atoms with van der Waals surface area (Å²) in [7, 11) is 0. The molecule has 0 heterocycles. The van der Waals surface area contributed by atoms with Gasteiger partial charge in [0.1, 0.15) is 5.75 Å². The van der Waals surface area contributed by atoms with Gasteiger partial charge in [0.2, 0.25) is 5.91 Å². The van der Waals surface area contributed by atoms with Crippen molar-refractivity contribution in [3.8, 4) is 5.75 Å². The van der Waals surface area contributed by atoms with Crippen LogP contribution in [0, 0.1) is 17.8 Å². The highest BCUT2D eigenvalue weighted by molar-refractivity contribution is 5.82. The minimum atomic E-state index is -0.999. The van der Waals surface area contributed by atoms with E-state index >= 15 is 0 Å². The summed E-state index contributed by atoms with van der Waals surface area (Å²) in [5.74, 6) is 1.15. The monoisotopic (exact) mass is 317 g/mol. The Hall–Kier alpha value is -2.04. The van der Waals surface area contributed by atoms with Gasteiger partial charge in [0, 0.05) is 5.92 Å². The molecule has 23 heavy (non-hydrogen) atoms. The van der Waals surface area contributed by atoms with Crippen molar-refractivity contribution in [1.82, 2.24) is 5.32 Å². The molecular weight excluding hydrogens is 294 g/mol. The maximum atomic E-state index is 12.4. The van der Waals surface area contributed by atoms with Gasteiger partial charge in [0.05, 0.1) is 6.04 Å². The van der Waals surface area contributed by atoms with Crippen molar-refractivity contribution < 1.29 is 19.4 Å². The van der Waals surface area contributed by atoms with Crippen LogP contribution < -0.4 is 10.1 Å². The van der Waals surface area contributed by atoms with Gasteiger partial charge in [-0.15, -0.1) is 0 Å². The smallest absolute Gasteiger partial charge is 0.341 e. The Kier molecular flexibility index (Phi) is 4.55. The van der Waals surface area contributed by atoms with E-state index in [1.54, 1.807) is 12.1 Å². The maximum absolute atomic E-state index is 12.4. The zero-order chi connectivity index (χ0) is 16.4. The number of aliphatic carboxylic acids is 1. The highest BCUT2D eigenvalue weighted by Gasteiger charge is 2.54. The van der Waals surface area contributed by atoms with Crippen molar-refractivity contribution in [2.24, 2.45) is 17.8 Å². The van der Waals surface area contributed by atoms with Gasteiger partial charge in [-0.2, -0.15) is 0 Å². The Morgan fingerprint density at radius 3 is 2.39 bits per heavy atom. The van der Waals surface area contributed by atoms with Gasteiger partial charge in [0.15, 0.2) is 6.61 Å². The van der Waals surface area contributed by atoms with Gasteiger partial charge < -0.3 is 15.2 Å². The summed E-state index contributed by atoms with van der Waals surface area (Å²) in [5.41, 5.74) is 0.990. The Labute approximate surface area is 136 Å². The second-order valence-corrected chi connectivity index (χ2v) is 6.62. The number of carbonyl (C=O) groups is 2. The molecule has 2 N–H and O–H groups in total. The van der Waals surface area contributed by atoms with Crippen LogP contribution in [-0.2, 0) is 9.59 Å². The van der Waals surface area contributed by atoms with Crippen LogP contribution in [0.15, 0.2) is 24.3 Å². The molecule has 124 valence electrons. The van der Waals surface area contributed by atoms with Crippen LogP contribution in [0.4, 0.5) is 0 Å². The molecule has 0 bridgehead atoms. The van der Waals surface area contributed by atoms with Gasteiger partial charge in [0.25, 0.3) is 0 Å². The van der Waals surface area contributed by atoms with Crippen molar-refractivity contribution in [3.63, 3.8) is 0 Å². The summed E-state index contributed by atoms with van der Waals surface area (Å²) < 4.78 is 5.11. The number of carboxylic acid groups (broad SMARTS) is 1. The molecule has 1 amide bonds. The number of carboxylic acids is 1. The number of fused-ring (bicyclic) bond motifs is 1. The van der Waals surface area contributed by atoms with Crippen LogP contribution in [0.25, 0.3) is 0 Å². The lowest BCUT2D eigenvalue weighted by atomic mass is 10.0. The molecule has 0 spiro atoms. The van der Waals surface area contributed by atoms with Crippen molar-refractivity contribution in [3.05, 3.63) is 29.8 Å². The minimum Gasteiger partial charge on any atom is -0.482 e. The van der Waals surface area contributed by atoms with Gasteiger partial charge >= 0.3 is 5.97 Å². The fraction of sp³-hybridized carbons (Fsp3) is 0.556. The van der Waals surface area contributed by atoms with E-state index in [4.69, 9.17) is 9.84 Å². The fourth-order valence-corrected chi connectivity index (χ4v) is 3.77. The lowest BCUT2D eigenvalue weighted by molar-refractivity contribution is -0.139. The molecule has 1 aromatic rings. The summed E-state index contributed by atoms with van der Waals surface area (Å²) in [6, 6.07) is 7.14. The SMILES string of the molecule is CC(NC(=O)C1C2CCCCC21)c1ccc(OCC(=O)O)cc1. The highest BCUT2D eigenvalue weighted by atomic mass is 16.5. The molecule has 0 saturated heterocycles. The average molecular weight is 317 g/mol. The minimum absolute atomic E-state index is 0.0568. The van der Waals surface area contributed by atoms with E-state index in [-0.39, 0.29) is 24.5 Å². The zero-order valence-electron chi connectivity index (χ0n) is 13.3. The van der Waals surface area contributed by atoms with Crippen LogP contribution in [0.2, 0.25) is 0 Å². The third-order valence-electron chi connectivity index (χ3n) is 5.06. The van der Waals surface area contributed by atoms with Crippen LogP contribution in [-0.4, -0.2) is 23.6 Å². The number of ether oxygens (including phenoxy) is 1. The van der Waals surface area contributed by atoms with Crippen molar-refractivity contribution in [2.45, 2.75) is 38.6 Å². The molecule has 5 heteroatoms. The first-order chi connectivity index (χ1) is 11.1. The number of nitrogens with one attached hydrogen (secondary N) is 1. The molecule has 2 fully saturated rings. The standard InChI is InChI=1S/C18H23NO4/c1-11(12-6-8-13(9-7-12)23-10-16(20)21)19-18(22)17-14-4-2-3-5-15(14)17/h6-9,11,14-15,17H,2-5,10H2,1H3,(H,19,22)(H,20,21). The molecule has 2 saturated carbocycles. The number of carbonyl (C=O) groups excluding carboxylic acids is 1. The molecular formula is C18H23NO4. The van der Waals surface area contributed by atoms with E-state index in [9.17, 15) is 9.59 Å². The van der Waals surface area contributed by atoms with Crippen LogP contribution in [0.3, 0.4) is 0 Å². The molecule has 0 aromatic heterocycles. The Balaban J connectivity index is 1.52. The van der Waals surface area contributed by atoms with Crippen molar-refractivity contribution >= 4 is 11.9 Å². The van der Waals surface area contributed by atoms with Gasteiger partial charge in [-0.05, 0) is 49.3 Å². The maximum Gasteiger partial charge on any atom is 0.341 e. The van der Waals surface area contributed by atoms with Crippen molar-refractivity contribution in [1.29, 1.82) is 0 Å². The molecule has 1 aromatic carbocycles. The summed E-state index contributed by atoms with van der Waals surface area (Å²) in [4.78, 5) is 22.9. The average Bonchev–Trinajstić information content (AvgIpc) is 3.27. The molecule has 3 unspecified atom stereocenters. The highest BCUT2D eigenvalue weighted by Crippen LogP contribution is 2.55. The summed E-state index contributed by atoms with van der Waals surface area (Å²) in [6.45, 7) is 1.62. The fourth-order valence-electron chi connectivity index (χ4n) is 3.77. The van der Waals surface area contributed by atoms with E-state index < -0.39 is 5.97 Å². The third kappa shape index (κ3) is 3.66. The van der Waals surface area contributed by atoms with Crippen LogP contribution in [0.5, 0.6) is 5.75 Å². The Bertz CT molecular complexity index is 571. The molecule has 3 rings (SSSR count). The van der Waals surface area contributed by atoms with Gasteiger partial charge in [-0.3, -0.25) is 4.79 Å². The molecule has 2 aliphatic rings. The third-order valence-corrected chi connectivity index (χ3v) is 5.06. The molecule has 0 radical (unpaired) electrons. The van der Waals surface area contributed by atoms with E-state index in [2.05, 4.69) is 5.32 Å². The number of hydrogen-bond donors (Lipinski definition) is 2. The van der Waals surface area contributed by atoms with E-state index in [1.807, 2.05) is 19.1 Å².